The fourth-order valence-corrected chi connectivity index (χ4v) is 3.41. The van der Waals surface area contributed by atoms with Gasteiger partial charge in [-0.25, -0.2) is 0 Å². The molecule has 2 amide bonds. The van der Waals surface area contributed by atoms with Crippen LogP contribution in [0.3, 0.4) is 0 Å². The third-order valence-electron chi connectivity index (χ3n) is 4.63. The molecule has 3 aromatic rings. The van der Waals surface area contributed by atoms with E-state index in [1.165, 1.54) is 11.0 Å². The predicted octanol–water partition coefficient (Wildman–Crippen LogP) is 3.02. The van der Waals surface area contributed by atoms with Gasteiger partial charge in [-0.2, -0.15) is 0 Å². The second-order valence-corrected chi connectivity index (χ2v) is 6.86. The molecule has 2 aromatic carbocycles. The number of phenolic OH excluding ortho intramolecular Hbond substituents is 1. The van der Waals surface area contributed by atoms with Gasteiger partial charge in [0, 0.05) is 17.6 Å². The van der Waals surface area contributed by atoms with Crippen molar-refractivity contribution in [3.63, 3.8) is 0 Å². The van der Waals surface area contributed by atoms with Crippen LogP contribution in [0.15, 0.2) is 72.4 Å². The van der Waals surface area contributed by atoms with Crippen molar-refractivity contribution in [3.8, 4) is 17.2 Å². The SMILES string of the molecule is COc1ccc(N2C(=O)C(=Cc3cccn3-c3ccc(O)cc3)C(=O)NC2=S)cc1. The minimum Gasteiger partial charge on any atom is -0.508 e. The number of carbonyl (C=O) groups is 2. The summed E-state index contributed by atoms with van der Waals surface area (Å²) in [5, 5.41) is 12.1. The molecule has 0 saturated carbocycles. The standard InChI is InChI=1S/C22H17N3O4S/c1-29-18-10-6-15(7-11-18)25-21(28)19(20(27)23-22(25)30)13-16-3-2-12-24(16)14-4-8-17(26)9-5-14/h2-13,26H,1H3,(H,23,27,30). The van der Waals surface area contributed by atoms with E-state index >= 15 is 0 Å². The first-order chi connectivity index (χ1) is 14.5. The zero-order chi connectivity index (χ0) is 21.3. The number of carbonyl (C=O) groups excluding carboxylic acids is 2. The van der Waals surface area contributed by atoms with Gasteiger partial charge in [0.1, 0.15) is 17.1 Å². The van der Waals surface area contributed by atoms with E-state index in [4.69, 9.17) is 17.0 Å². The second kappa shape index (κ2) is 7.84. The summed E-state index contributed by atoms with van der Waals surface area (Å²) in [6, 6.07) is 17.0. The molecule has 2 heterocycles. The minimum atomic E-state index is -0.562. The number of anilines is 1. The Labute approximate surface area is 177 Å². The largest absolute Gasteiger partial charge is 0.508 e. The maximum absolute atomic E-state index is 13.2. The lowest BCUT2D eigenvalue weighted by Crippen LogP contribution is -2.54. The van der Waals surface area contributed by atoms with Crippen molar-refractivity contribution < 1.29 is 19.4 Å². The molecule has 0 spiro atoms. The van der Waals surface area contributed by atoms with Crippen molar-refractivity contribution in [1.82, 2.24) is 9.88 Å². The van der Waals surface area contributed by atoms with Gasteiger partial charge in [0.05, 0.1) is 12.8 Å². The van der Waals surface area contributed by atoms with E-state index in [2.05, 4.69) is 5.32 Å². The number of aromatic hydroxyl groups is 1. The van der Waals surface area contributed by atoms with E-state index in [0.717, 1.165) is 5.69 Å². The van der Waals surface area contributed by atoms with Crippen molar-refractivity contribution in [2.24, 2.45) is 0 Å². The molecule has 0 atom stereocenters. The molecule has 1 aliphatic rings. The van der Waals surface area contributed by atoms with Crippen LogP contribution in [0, 0.1) is 0 Å². The Bertz CT molecular complexity index is 1160. The number of methoxy groups -OCH3 is 1. The van der Waals surface area contributed by atoms with Crippen LogP contribution in [-0.4, -0.2) is 33.7 Å². The molecule has 1 saturated heterocycles. The summed E-state index contributed by atoms with van der Waals surface area (Å²) in [6.45, 7) is 0. The smallest absolute Gasteiger partial charge is 0.270 e. The lowest BCUT2D eigenvalue weighted by Gasteiger charge is -2.29. The van der Waals surface area contributed by atoms with E-state index in [1.807, 2.05) is 0 Å². The Morgan fingerprint density at radius 3 is 2.33 bits per heavy atom. The monoisotopic (exact) mass is 419 g/mol. The molecular weight excluding hydrogens is 402 g/mol. The normalized spacial score (nSPS) is 15.4. The molecule has 7 nitrogen and oxygen atoms in total. The van der Waals surface area contributed by atoms with Crippen LogP contribution in [-0.2, 0) is 9.59 Å². The number of aromatic nitrogens is 1. The molecule has 1 fully saturated rings. The zero-order valence-electron chi connectivity index (χ0n) is 15.9. The van der Waals surface area contributed by atoms with Crippen molar-refractivity contribution in [2.45, 2.75) is 0 Å². The van der Waals surface area contributed by atoms with Crippen LogP contribution >= 0.6 is 12.2 Å². The highest BCUT2D eigenvalue weighted by Crippen LogP contribution is 2.25. The van der Waals surface area contributed by atoms with E-state index in [0.29, 0.717) is 17.1 Å². The zero-order valence-corrected chi connectivity index (χ0v) is 16.7. The van der Waals surface area contributed by atoms with Gasteiger partial charge in [0.15, 0.2) is 5.11 Å². The van der Waals surface area contributed by atoms with E-state index in [-0.39, 0.29) is 16.4 Å². The van der Waals surface area contributed by atoms with Gasteiger partial charge in [0.2, 0.25) is 0 Å². The average molecular weight is 419 g/mol. The van der Waals surface area contributed by atoms with Gasteiger partial charge in [0.25, 0.3) is 11.8 Å². The second-order valence-electron chi connectivity index (χ2n) is 6.48. The summed E-state index contributed by atoms with van der Waals surface area (Å²) >= 11 is 5.23. The fraction of sp³-hybridized carbons (Fsp3) is 0.0455. The van der Waals surface area contributed by atoms with Crippen LogP contribution in [0.25, 0.3) is 11.8 Å². The molecule has 8 heteroatoms. The molecule has 1 aliphatic heterocycles. The Kier molecular flexibility index (Phi) is 5.07. The molecule has 30 heavy (non-hydrogen) atoms. The molecule has 150 valence electrons. The highest BCUT2D eigenvalue weighted by molar-refractivity contribution is 7.80. The van der Waals surface area contributed by atoms with Crippen LogP contribution in [0.1, 0.15) is 5.69 Å². The Morgan fingerprint density at radius 1 is 1.00 bits per heavy atom. The summed E-state index contributed by atoms with van der Waals surface area (Å²) in [7, 11) is 1.55. The van der Waals surface area contributed by atoms with Gasteiger partial charge in [-0.15, -0.1) is 0 Å². The number of thiocarbonyl (C=S) groups is 1. The third-order valence-corrected chi connectivity index (χ3v) is 4.92. The van der Waals surface area contributed by atoms with Crippen LogP contribution in [0.4, 0.5) is 5.69 Å². The Morgan fingerprint density at radius 2 is 1.67 bits per heavy atom. The van der Waals surface area contributed by atoms with Crippen LogP contribution in [0.5, 0.6) is 11.5 Å². The predicted molar refractivity (Wildman–Crippen MR) is 117 cm³/mol. The van der Waals surface area contributed by atoms with Gasteiger partial charge in [-0.3, -0.25) is 19.8 Å². The third kappa shape index (κ3) is 3.56. The highest BCUT2D eigenvalue weighted by atomic mass is 32.1. The van der Waals surface area contributed by atoms with Gasteiger partial charge >= 0.3 is 0 Å². The van der Waals surface area contributed by atoms with E-state index in [1.54, 1.807) is 78.5 Å². The first kappa shape index (κ1) is 19.4. The van der Waals surface area contributed by atoms with Crippen molar-refractivity contribution in [3.05, 3.63) is 78.1 Å². The van der Waals surface area contributed by atoms with Crippen molar-refractivity contribution >= 4 is 40.9 Å². The fourth-order valence-electron chi connectivity index (χ4n) is 3.13. The first-order valence-corrected chi connectivity index (χ1v) is 9.41. The number of rotatable bonds is 4. The molecule has 0 aliphatic carbocycles. The van der Waals surface area contributed by atoms with E-state index in [9.17, 15) is 14.7 Å². The van der Waals surface area contributed by atoms with Crippen molar-refractivity contribution in [2.75, 3.05) is 12.0 Å². The number of ether oxygens (including phenoxy) is 1. The molecule has 4 rings (SSSR count). The summed E-state index contributed by atoms with van der Waals surface area (Å²) in [4.78, 5) is 27.0. The number of amides is 2. The first-order valence-electron chi connectivity index (χ1n) is 9.00. The van der Waals surface area contributed by atoms with Crippen LogP contribution in [0.2, 0.25) is 0 Å². The molecule has 1 aromatic heterocycles. The molecular formula is C22H17N3O4S. The number of phenols is 1. The highest BCUT2D eigenvalue weighted by Gasteiger charge is 2.34. The number of benzene rings is 2. The molecule has 0 radical (unpaired) electrons. The summed E-state index contributed by atoms with van der Waals surface area (Å²) < 4.78 is 6.95. The topological polar surface area (TPSA) is 83.8 Å². The number of hydrogen-bond acceptors (Lipinski definition) is 5. The minimum absolute atomic E-state index is 0.0150. The van der Waals surface area contributed by atoms with E-state index < -0.39 is 11.8 Å². The van der Waals surface area contributed by atoms with Crippen LogP contribution < -0.4 is 15.0 Å². The van der Waals surface area contributed by atoms with Gasteiger partial charge in [-0.05, 0) is 79.0 Å². The Balaban J connectivity index is 1.71. The maximum Gasteiger partial charge on any atom is 0.270 e. The summed E-state index contributed by atoms with van der Waals surface area (Å²) in [6.07, 6.45) is 3.32. The number of nitrogens with one attached hydrogen (secondary N) is 1. The van der Waals surface area contributed by atoms with Gasteiger partial charge < -0.3 is 14.4 Å². The summed E-state index contributed by atoms with van der Waals surface area (Å²) in [5.74, 6) is -0.294. The average Bonchev–Trinajstić information content (AvgIpc) is 3.20. The lowest BCUT2D eigenvalue weighted by atomic mass is 10.1. The van der Waals surface area contributed by atoms with Gasteiger partial charge in [-0.1, -0.05) is 0 Å². The molecule has 0 unspecified atom stereocenters. The molecule has 2 N–H and O–H groups in total. The Hall–Kier alpha value is -3.91. The quantitative estimate of drug-likeness (QED) is 0.386. The number of hydrogen-bond donors (Lipinski definition) is 2. The number of nitrogens with zero attached hydrogens (tertiary/aromatic N) is 2. The lowest BCUT2D eigenvalue weighted by molar-refractivity contribution is -0.122. The van der Waals surface area contributed by atoms with Crippen molar-refractivity contribution in [1.29, 1.82) is 0 Å². The molecule has 0 bridgehead atoms. The maximum atomic E-state index is 13.2. The summed E-state index contributed by atoms with van der Waals surface area (Å²) in [5.41, 5.74) is 1.88.